The van der Waals surface area contributed by atoms with Gasteiger partial charge < -0.3 is 20.0 Å². The number of carbonyl (C=O) groups is 2. The highest BCUT2D eigenvalue weighted by molar-refractivity contribution is 5.92. The maximum atomic E-state index is 13.2. The van der Waals surface area contributed by atoms with Gasteiger partial charge in [0.25, 0.3) is 0 Å². The SMILES string of the molecule is C=CCN(CC(=O)N1CCCN(c2ccc(-c3ccc(F)cc3)nn2)CC1)C(=O)Nc1ccc(C)cc1. The molecule has 0 unspecified atom stereocenters. The van der Waals surface area contributed by atoms with E-state index in [0.717, 1.165) is 29.9 Å². The van der Waals surface area contributed by atoms with Gasteiger partial charge in [0, 0.05) is 44.0 Å². The molecule has 1 fully saturated rings. The Bertz CT molecular complexity index is 1210. The lowest BCUT2D eigenvalue weighted by Gasteiger charge is -2.26. The highest BCUT2D eigenvalue weighted by Crippen LogP contribution is 2.20. The highest BCUT2D eigenvalue weighted by atomic mass is 19.1. The zero-order valence-corrected chi connectivity index (χ0v) is 20.9. The summed E-state index contributed by atoms with van der Waals surface area (Å²) in [5.41, 5.74) is 3.24. The molecule has 0 aliphatic carbocycles. The first-order valence-electron chi connectivity index (χ1n) is 12.3. The summed E-state index contributed by atoms with van der Waals surface area (Å²) >= 11 is 0. The molecular formula is C28H31FN6O2. The van der Waals surface area contributed by atoms with Crippen molar-refractivity contribution in [3.63, 3.8) is 0 Å². The number of nitrogens with zero attached hydrogens (tertiary/aromatic N) is 5. The van der Waals surface area contributed by atoms with Crippen molar-refractivity contribution in [2.45, 2.75) is 13.3 Å². The molecule has 0 radical (unpaired) electrons. The molecule has 0 atom stereocenters. The lowest BCUT2D eigenvalue weighted by atomic mass is 10.1. The van der Waals surface area contributed by atoms with E-state index >= 15 is 0 Å². The van der Waals surface area contributed by atoms with Crippen LogP contribution in [0.1, 0.15) is 12.0 Å². The number of aryl methyl sites for hydroxylation is 1. The van der Waals surface area contributed by atoms with Crippen LogP contribution >= 0.6 is 0 Å². The number of nitrogens with one attached hydrogen (secondary N) is 1. The number of rotatable bonds is 7. The molecule has 1 aliphatic rings. The Morgan fingerprint density at radius 1 is 1.00 bits per heavy atom. The van der Waals surface area contributed by atoms with Crippen molar-refractivity contribution in [1.82, 2.24) is 20.0 Å². The second-order valence-electron chi connectivity index (χ2n) is 8.97. The molecule has 9 heteroatoms. The van der Waals surface area contributed by atoms with Gasteiger partial charge in [0.05, 0.1) is 5.69 Å². The van der Waals surface area contributed by atoms with Gasteiger partial charge in [-0.05, 0) is 61.9 Å². The van der Waals surface area contributed by atoms with Crippen LogP contribution < -0.4 is 10.2 Å². The monoisotopic (exact) mass is 502 g/mol. The third-order valence-corrected chi connectivity index (χ3v) is 6.23. The first-order chi connectivity index (χ1) is 17.9. The molecule has 1 saturated heterocycles. The average molecular weight is 503 g/mol. The number of anilines is 2. The van der Waals surface area contributed by atoms with Gasteiger partial charge in [-0.15, -0.1) is 16.8 Å². The quantitative estimate of drug-likeness (QED) is 0.486. The minimum absolute atomic E-state index is 0.0319. The molecule has 2 aromatic carbocycles. The van der Waals surface area contributed by atoms with Crippen LogP contribution in [0.5, 0.6) is 0 Å². The molecule has 1 aliphatic heterocycles. The molecule has 3 amide bonds. The van der Waals surface area contributed by atoms with Crippen LogP contribution in [-0.2, 0) is 4.79 Å². The number of benzene rings is 2. The maximum Gasteiger partial charge on any atom is 0.322 e. The van der Waals surface area contributed by atoms with Gasteiger partial charge in [0.1, 0.15) is 12.4 Å². The van der Waals surface area contributed by atoms with Gasteiger partial charge in [-0.25, -0.2) is 9.18 Å². The van der Waals surface area contributed by atoms with E-state index in [1.165, 1.54) is 17.0 Å². The molecule has 37 heavy (non-hydrogen) atoms. The Labute approximate surface area is 216 Å². The molecule has 2 heterocycles. The highest BCUT2D eigenvalue weighted by Gasteiger charge is 2.24. The summed E-state index contributed by atoms with van der Waals surface area (Å²) in [7, 11) is 0. The fourth-order valence-corrected chi connectivity index (χ4v) is 4.14. The van der Waals surface area contributed by atoms with Crippen LogP contribution in [0.25, 0.3) is 11.3 Å². The number of hydrogen-bond acceptors (Lipinski definition) is 5. The summed E-state index contributed by atoms with van der Waals surface area (Å²) in [6.45, 7) is 8.39. The number of amides is 3. The molecule has 8 nitrogen and oxygen atoms in total. The number of halogens is 1. The summed E-state index contributed by atoms with van der Waals surface area (Å²) in [6, 6.07) is 17.1. The van der Waals surface area contributed by atoms with Crippen LogP contribution in [0.4, 0.5) is 20.7 Å². The molecular weight excluding hydrogens is 471 g/mol. The van der Waals surface area contributed by atoms with Crippen LogP contribution in [0, 0.1) is 12.7 Å². The summed E-state index contributed by atoms with van der Waals surface area (Å²) in [4.78, 5) is 31.3. The fourth-order valence-electron chi connectivity index (χ4n) is 4.14. The van der Waals surface area contributed by atoms with Crippen LogP contribution in [-0.4, -0.2) is 71.2 Å². The molecule has 0 saturated carbocycles. The summed E-state index contributed by atoms with van der Waals surface area (Å²) in [5, 5.41) is 11.5. The molecule has 1 N–H and O–H groups in total. The Kier molecular flexibility index (Phi) is 8.45. The standard InChI is InChI=1S/C28H31FN6O2/c1-3-15-35(28(37)30-24-11-5-21(2)6-12-24)20-27(36)34-17-4-16-33(18-19-34)26-14-13-25(31-32-26)22-7-9-23(29)10-8-22/h3,5-14H,1,4,15-20H2,2H3,(H,30,37). The molecule has 192 valence electrons. The Morgan fingerprint density at radius 3 is 2.43 bits per heavy atom. The van der Waals surface area contributed by atoms with E-state index < -0.39 is 0 Å². The maximum absolute atomic E-state index is 13.2. The van der Waals surface area contributed by atoms with Crippen LogP contribution in [0.15, 0.2) is 73.3 Å². The minimum atomic E-state index is -0.343. The van der Waals surface area contributed by atoms with E-state index in [1.54, 1.807) is 23.1 Å². The van der Waals surface area contributed by atoms with Gasteiger partial charge in [0.2, 0.25) is 5.91 Å². The van der Waals surface area contributed by atoms with E-state index in [9.17, 15) is 14.0 Å². The first-order valence-corrected chi connectivity index (χ1v) is 12.3. The molecule has 0 spiro atoms. The number of hydrogen-bond donors (Lipinski definition) is 1. The van der Waals surface area contributed by atoms with E-state index in [4.69, 9.17) is 0 Å². The largest absolute Gasteiger partial charge is 0.353 e. The Morgan fingerprint density at radius 2 is 1.76 bits per heavy atom. The van der Waals surface area contributed by atoms with E-state index in [2.05, 4.69) is 27.0 Å². The van der Waals surface area contributed by atoms with Crippen LogP contribution in [0.3, 0.4) is 0 Å². The lowest BCUT2D eigenvalue weighted by molar-refractivity contribution is -0.131. The smallest absolute Gasteiger partial charge is 0.322 e. The van der Waals surface area contributed by atoms with Crippen molar-refractivity contribution in [3.8, 4) is 11.3 Å². The molecule has 1 aromatic heterocycles. The summed E-state index contributed by atoms with van der Waals surface area (Å²) in [5.74, 6) is 0.322. The summed E-state index contributed by atoms with van der Waals surface area (Å²) < 4.78 is 13.2. The van der Waals surface area contributed by atoms with Crippen molar-refractivity contribution in [2.75, 3.05) is 49.5 Å². The molecule has 3 aromatic rings. The number of aromatic nitrogens is 2. The zero-order valence-electron chi connectivity index (χ0n) is 20.9. The zero-order chi connectivity index (χ0) is 26.2. The lowest BCUT2D eigenvalue weighted by Crippen LogP contribution is -2.45. The Balaban J connectivity index is 1.34. The number of urea groups is 1. The predicted molar refractivity (Wildman–Crippen MR) is 143 cm³/mol. The van der Waals surface area contributed by atoms with Gasteiger partial charge in [-0.3, -0.25) is 4.79 Å². The van der Waals surface area contributed by atoms with Gasteiger partial charge in [-0.1, -0.05) is 23.8 Å². The van der Waals surface area contributed by atoms with E-state index in [-0.39, 0.29) is 30.8 Å². The van der Waals surface area contributed by atoms with Crippen molar-refractivity contribution in [1.29, 1.82) is 0 Å². The normalized spacial score (nSPS) is 13.6. The second-order valence-corrected chi connectivity index (χ2v) is 8.97. The van der Waals surface area contributed by atoms with Crippen molar-refractivity contribution >= 4 is 23.4 Å². The van der Waals surface area contributed by atoms with Gasteiger partial charge >= 0.3 is 6.03 Å². The topological polar surface area (TPSA) is 81.7 Å². The van der Waals surface area contributed by atoms with Gasteiger partial charge in [0.15, 0.2) is 5.82 Å². The molecule has 4 rings (SSSR count). The third-order valence-electron chi connectivity index (χ3n) is 6.23. The first kappa shape index (κ1) is 25.8. The number of carbonyl (C=O) groups excluding carboxylic acids is 2. The minimum Gasteiger partial charge on any atom is -0.353 e. The summed E-state index contributed by atoms with van der Waals surface area (Å²) in [6.07, 6.45) is 2.38. The molecule has 0 bridgehead atoms. The van der Waals surface area contributed by atoms with E-state index in [1.807, 2.05) is 43.3 Å². The third kappa shape index (κ3) is 6.91. The van der Waals surface area contributed by atoms with Crippen molar-refractivity contribution < 1.29 is 14.0 Å². The van der Waals surface area contributed by atoms with Crippen molar-refractivity contribution in [2.24, 2.45) is 0 Å². The average Bonchev–Trinajstić information content (AvgIpc) is 3.17. The second kappa shape index (κ2) is 12.1. The fraction of sp³-hybridized carbons (Fsp3) is 0.286. The van der Waals surface area contributed by atoms with Crippen LogP contribution in [0.2, 0.25) is 0 Å². The Hall–Kier alpha value is -4.27. The van der Waals surface area contributed by atoms with Gasteiger partial charge in [-0.2, -0.15) is 0 Å². The van der Waals surface area contributed by atoms with E-state index in [0.29, 0.717) is 31.0 Å². The predicted octanol–water partition coefficient (Wildman–Crippen LogP) is 4.35. The van der Waals surface area contributed by atoms with Crippen molar-refractivity contribution in [3.05, 3.63) is 84.7 Å².